The van der Waals surface area contributed by atoms with Crippen LogP contribution in [0.4, 0.5) is 24.5 Å². The second-order valence-electron chi connectivity index (χ2n) is 6.05. The lowest BCUT2D eigenvalue weighted by molar-refractivity contribution is -0.384. The number of benzene rings is 2. The molecule has 1 amide bonds. The molecule has 2 aromatic rings. The summed E-state index contributed by atoms with van der Waals surface area (Å²) in [5.41, 5.74) is -0.290. The second kappa shape index (κ2) is 8.17. The number of anilines is 1. The first-order valence-corrected chi connectivity index (χ1v) is 7.94. The molecule has 27 heavy (non-hydrogen) atoms. The Labute approximate surface area is 154 Å². The molecular formula is C18H18F3N3O3. The van der Waals surface area contributed by atoms with E-state index in [0.717, 1.165) is 6.07 Å². The van der Waals surface area contributed by atoms with Crippen LogP contribution in [0.25, 0.3) is 0 Å². The fourth-order valence-corrected chi connectivity index (χ4v) is 2.56. The minimum atomic E-state index is -4.46. The van der Waals surface area contributed by atoms with E-state index in [1.54, 1.807) is 7.05 Å². The number of carbonyl (C=O) groups excluding carboxylic acids is 1. The van der Waals surface area contributed by atoms with Gasteiger partial charge in [0.25, 0.3) is 5.69 Å². The number of hydrogen-bond acceptors (Lipinski definition) is 4. The molecule has 0 radical (unpaired) electrons. The Bertz CT molecular complexity index is 823. The molecule has 0 aliphatic carbocycles. The third kappa shape index (κ3) is 5.27. The predicted molar refractivity (Wildman–Crippen MR) is 94.3 cm³/mol. The number of rotatable bonds is 6. The van der Waals surface area contributed by atoms with E-state index in [1.165, 1.54) is 59.3 Å². The molecule has 144 valence electrons. The molecule has 0 bridgehead atoms. The summed E-state index contributed by atoms with van der Waals surface area (Å²) in [6.45, 7) is -0.158. The fraction of sp³-hybridized carbons (Fsp3) is 0.278. The van der Waals surface area contributed by atoms with Crippen LogP contribution in [-0.2, 0) is 17.5 Å². The summed E-state index contributed by atoms with van der Waals surface area (Å²) in [7, 11) is 3.05. The van der Waals surface area contributed by atoms with Crippen LogP contribution >= 0.6 is 0 Å². The Hall–Kier alpha value is -2.94. The maximum Gasteiger partial charge on any atom is 0.416 e. The molecule has 0 spiro atoms. The lowest BCUT2D eigenvalue weighted by atomic mass is 10.1. The topological polar surface area (TPSA) is 66.7 Å². The summed E-state index contributed by atoms with van der Waals surface area (Å²) in [5.74, 6) is -0.351. The molecule has 0 heterocycles. The number of likely N-dealkylation sites (N-methyl/N-ethyl adjacent to an activating group) is 2. The quantitative estimate of drug-likeness (QED) is 0.565. The van der Waals surface area contributed by atoms with Gasteiger partial charge in [-0.3, -0.25) is 19.8 Å². The highest BCUT2D eigenvalue weighted by molar-refractivity contribution is 5.94. The Morgan fingerprint density at radius 2 is 1.67 bits per heavy atom. The van der Waals surface area contributed by atoms with Crippen LogP contribution in [-0.4, -0.2) is 36.4 Å². The fourth-order valence-electron chi connectivity index (χ4n) is 2.56. The molecule has 0 saturated carbocycles. The second-order valence-corrected chi connectivity index (χ2v) is 6.05. The lowest BCUT2D eigenvalue weighted by Gasteiger charge is -2.23. The van der Waals surface area contributed by atoms with Crippen LogP contribution in [0.5, 0.6) is 0 Å². The monoisotopic (exact) mass is 381 g/mol. The van der Waals surface area contributed by atoms with Crippen molar-refractivity contribution in [3.63, 3.8) is 0 Å². The van der Waals surface area contributed by atoms with Gasteiger partial charge in [0.15, 0.2) is 0 Å². The van der Waals surface area contributed by atoms with E-state index < -0.39 is 16.7 Å². The summed E-state index contributed by atoms with van der Waals surface area (Å²) in [6, 6.07) is 10.7. The van der Waals surface area contributed by atoms with Gasteiger partial charge in [-0.1, -0.05) is 18.2 Å². The van der Waals surface area contributed by atoms with E-state index in [1.807, 2.05) is 0 Å². The number of nitro benzene ring substituents is 1. The Kier molecular flexibility index (Phi) is 6.17. The number of carbonyl (C=O) groups is 1. The number of alkyl halides is 3. The maximum atomic E-state index is 13.1. The lowest BCUT2D eigenvalue weighted by Crippen LogP contribution is -2.36. The Balaban J connectivity index is 2.04. The Morgan fingerprint density at radius 1 is 1.07 bits per heavy atom. The van der Waals surface area contributed by atoms with Gasteiger partial charge in [-0.25, -0.2) is 0 Å². The first-order chi connectivity index (χ1) is 12.6. The van der Waals surface area contributed by atoms with Crippen molar-refractivity contribution in [2.24, 2.45) is 0 Å². The molecule has 0 aliphatic heterocycles. The SMILES string of the molecule is CN(CC(=O)N(C)c1ccc([N+](=O)[O-])cc1)Cc1ccccc1C(F)(F)F. The largest absolute Gasteiger partial charge is 0.416 e. The summed E-state index contributed by atoms with van der Waals surface area (Å²) in [5, 5.41) is 10.7. The molecular weight excluding hydrogens is 363 g/mol. The normalized spacial score (nSPS) is 11.5. The van der Waals surface area contributed by atoms with Crippen LogP contribution in [0.3, 0.4) is 0 Å². The minimum absolute atomic E-state index is 0.0461. The molecule has 2 aromatic carbocycles. The average Bonchev–Trinajstić information content (AvgIpc) is 2.60. The zero-order valence-corrected chi connectivity index (χ0v) is 14.7. The van der Waals surface area contributed by atoms with E-state index in [0.29, 0.717) is 5.69 Å². The van der Waals surface area contributed by atoms with Gasteiger partial charge in [-0.15, -0.1) is 0 Å². The summed E-state index contributed by atoms with van der Waals surface area (Å²) >= 11 is 0. The molecule has 6 nitrogen and oxygen atoms in total. The third-order valence-corrected chi connectivity index (χ3v) is 3.99. The molecule has 0 atom stereocenters. The van der Waals surface area contributed by atoms with Crippen LogP contribution < -0.4 is 4.90 Å². The molecule has 0 N–H and O–H groups in total. The van der Waals surface area contributed by atoms with Crippen molar-refractivity contribution in [1.82, 2.24) is 4.90 Å². The van der Waals surface area contributed by atoms with E-state index in [9.17, 15) is 28.1 Å². The third-order valence-electron chi connectivity index (χ3n) is 3.99. The standard InChI is InChI=1S/C18H18F3N3O3/c1-22(11-13-5-3-4-6-16(13)18(19,20)21)12-17(25)23(2)14-7-9-15(10-8-14)24(26)27/h3-10H,11-12H2,1-2H3. The van der Waals surface area contributed by atoms with Crippen LogP contribution in [0.1, 0.15) is 11.1 Å². The molecule has 0 unspecified atom stereocenters. The van der Waals surface area contributed by atoms with Crippen molar-refractivity contribution in [1.29, 1.82) is 0 Å². The minimum Gasteiger partial charge on any atom is -0.314 e. The first-order valence-electron chi connectivity index (χ1n) is 7.94. The van der Waals surface area contributed by atoms with Gasteiger partial charge in [0.1, 0.15) is 0 Å². The van der Waals surface area contributed by atoms with E-state index in [2.05, 4.69) is 0 Å². The van der Waals surface area contributed by atoms with Crippen molar-refractivity contribution >= 4 is 17.3 Å². The molecule has 9 heteroatoms. The van der Waals surface area contributed by atoms with Gasteiger partial charge in [0.05, 0.1) is 17.0 Å². The predicted octanol–water partition coefficient (Wildman–Crippen LogP) is 3.71. The average molecular weight is 381 g/mol. The van der Waals surface area contributed by atoms with Crippen LogP contribution in [0.2, 0.25) is 0 Å². The summed E-state index contributed by atoms with van der Waals surface area (Å²) in [6.07, 6.45) is -4.46. The molecule has 2 rings (SSSR count). The van der Waals surface area contributed by atoms with Gasteiger partial charge >= 0.3 is 6.18 Å². The highest BCUT2D eigenvalue weighted by Crippen LogP contribution is 2.32. The van der Waals surface area contributed by atoms with E-state index in [-0.39, 0.29) is 30.2 Å². The number of hydrogen-bond donors (Lipinski definition) is 0. The Morgan fingerprint density at radius 3 is 2.22 bits per heavy atom. The van der Waals surface area contributed by atoms with Crippen molar-refractivity contribution in [2.45, 2.75) is 12.7 Å². The number of amides is 1. The summed E-state index contributed by atoms with van der Waals surface area (Å²) < 4.78 is 39.2. The number of nitro groups is 1. The summed E-state index contributed by atoms with van der Waals surface area (Å²) in [4.78, 5) is 25.3. The molecule has 0 aliphatic rings. The molecule has 0 aromatic heterocycles. The maximum absolute atomic E-state index is 13.1. The number of nitrogens with zero attached hydrogens (tertiary/aromatic N) is 3. The van der Waals surface area contributed by atoms with Gasteiger partial charge in [-0.2, -0.15) is 13.2 Å². The van der Waals surface area contributed by atoms with Crippen molar-refractivity contribution < 1.29 is 22.9 Å². The van der Waals surface area contributed by atoms with E-state index >= 15 is 0 Å². The molecule has 0 fully saturated rings. The smallest absolute Gasteiger partial charge is 0.314 e. The van der Waals surface area contributed by atoms with Crippen molar-refractivity contribution in [3.05, 3.63) is 69.8 Å². The van der Waals surface area contributed by atoms with Gasteiger partial charge in [0.2, 0.25) is 5.91 Å². The first kappa shape index (κ1) is 20.4. The van der Waals surface area contributed by atoms with Gasteiger partial charge < -0.3 is 4.90 Å². The van der Waals surface area contributed by atoms with Gasteiger partial charge in [-0.05, 0) is 30.8 Å². The number of halogens is 3. The zero-order valence-electron chi connectivity index (χ0n) is 14.7. The van der Waals surface area contributed by atoms with Crippen LogP contribution in [0, 0.1) is 10.1 Å². The highest BCUT2D eigenvalue weighted by Gasteiger charge is 2.33. The van der Waals surface area contributed by atoms with Gasteiger partial charge in [0, 0.05) is 31.4 Å². The number of non-ortho nitro benzene ring substituents is 1. The van der Waals surface area contributed by atoms with Crippen LogP contribution in [0.15, 0.2) is 48.5 Å². The van der Waals surface area contributed by atoms with Crippen molar-refractivity contribution in [2.75, 3.05) is 25.5 Å². The van der Waals surface area contributed by atoms with E-state index in [4.69, 9.17) is 0 Å². The zero-order chi connectivity index (χ0) is 20.2. The highest BCUT2D eigenvalue weighted by atomic mass is 19.4. The van der Waals surface area contributed by atoms with Crippen molar-refractivity contribution in [3.8, 4) is 0 Å². The molecule has 0 saturated heterocycles.